The monoisotopic (exact) mass is 370 g/mol. The van der Waals surface area contributed by atoms with E-state index in [2.05, 4.69) is 35.1 Å². The van der Waals surface area contributed by atoms with Crippen LogP contribution in [-0.2, 0) is 5.75 Å². The molecule has 0 aliphatic rings. The molecule has 2 rings (SSSR count). The maximum absolute atomic E-state index is 12.3. The minimum atomic E-state index is 0. The average Bonchev–Trinajstić information content (AvgIpc) is 3.06. The summed E-state index contributed by atoms with van der Waals surface area (Å²) in [4.78, 5) is 14.7. The van der Waals surface area contributed by atoms with Crippen molar-refractivity contribution < 1.29 is 4.79 Å². The van der Waals surface area contributed by atoms with E-state index in [0.717, 1.165) is 35.7 Å². The topological polar surface area (TPSA) is 41.1 Å². The molecule has 1 amide bonds. The van der Waals surface area contributed by atoms with Crippen molar-refractivity contribution in [2.75, 3.05) is 19.6 Å². The number of hydrogen-bond donors (Lipinski definition) is 2. The quantitative estimate of drug-likeness (QED) is 0.513. The van der Waals surface area contributed by atoms with E-state index in [4.69, 9.17) is 0 Å². The van der Waals surface area contributed by atoms with Crippen LogP contribution in [0, 0.1) is 0 Å². The lowest BCUT2D eigenvalue weighted by Gasteiger charge is -2.10. The van der Waals surface area contributed by atoms with E-state index in [-0.39, 0.29) is 18.3 Å². The van der Waals surface area contributed by atoms with E-state index in [9.17, 15) is 4.79 Å². The number of carbonyl (C=O) groups excluding carboxylic acids is 1. The number of hydrogen-bond acceptors (Lipinski definition) is 4. The number of amides is 1. The number of rotatable bonds is 9. The summed E-state index contributed by atoms with van der Waals surface area (Å²) in [5.41, 5.74) is 0.763. The average molecular weight is 371 g/mol. The third-order valence-corrected chi connectivity index (χ3v) is 5.28. The zero-order valence-corrected chi connectivity index (χ0v) is 15.7. The van der Waals surface area contributed by atoms with E-state index in [1.807, 2.05) is 24.3 Å². The predicted molar refractivity (Wildman–Crippen MR) is 103 cm³/mol. The molecule has 2 N–H and O–H groups in total. The Hall–Kier alpha value is -1.01. The second-order valence-corrected chi connectivity index (χ2v) is 6.92. The first-order chi connectivity index (χ1) is 10.8. The van der Waals surface area contributed by atoms with Gasteiger partial charge in [0.1, 0.15) is 0 Å². The second kappa shape index (κ2) is 11.5. The Labute approximate surface area is 152 Å². The Morgan fingerprint density at radius 2 is 1.96 bits per heavy atom. The highest BCUT2D eigenvalue weighted by molar-refractivity contribution is 7.98. The predicted octanol–water partition coefficient (Wildman–Crippen LogP) is 4.19. The van der Waals surface area contributed by atoms with Crippen molar-refractivity contribution in [3.8, 4) is 0 Å². The van der Waals surface area contributed by atoms with E-state index in [1.54, 1.807) is 23.1 Å². The van der Waals surface area contributed by atoms with Gasteiger partial charge in [-0.05, 0) is 36.5 Å². The molecular formula is C17H23ClN2OS2. The van der Waals surface area contributed by atoms with Gasteiger partial charge in [-0.25, -0.2) is 0 Å². The number of thioether (sulfide) groups is 1. The molecule has 126 valence electrons. The minimum absolute atomic E-state index is 0. The van der Waals surface area contributed by atoms with Crippen molar-refractivity contribution >= 4 is 41.4 Å². The SMILES string of the molecule is CCCNCCNC(=O)c1ccccc1SCc1cccs1.Cl. The molecule has 1 aromatic heterocycles. The Kier molecular flexibility index (Phi) is 10.0. The molecule has 0 saturated heterocycles. The third kappa shape index (κ3) is 6.96. The Bertz CT molecular complexity index is 576. The van der Waals surface area contributed by atoms with Crippen LogP contribution in [0.2, 0.25) is 0 Å². The molecule has 1 aromatic carbocycles. The fourth-order valence-corrected chi connectivity index (χ4v) is 3.81. The summed E-state index contributed by atoms with van der Waals surface area (Å²) in [6, 6.07) is 12.0. The number of nitrogens with one attached hydrogen (secondary N) is 2. The van der Waals surface area contributed by atoms with Crippen molar-refractivity contribution in [1.29, 1.82) is 0 Å². The molecule has 0 radical (unpaired) electrons. The maximum Gasteiger partial charge on any atom is 0.252 e. The summed E-state index contributed by atoms with van der Waals surface area (Å²) < 4.78 is 0. The molecule has 2 aromatic rings. The standard InChI is InChI=1S/C17H22N2OS2.ClH/c1-2-9-18-10-11-19-17(20)15-7-3-4-8-16(15)22-13-14-6-5-12-21-14;/h3-8,12,18H,2,9-11,13H2,1H3,(H,19,20);1H. The zero-order chi connectivity index (χ0) is 15.6. The van der Waals surface area contributed by atoms with Gasteiger partial charge in [-0.1, -0.05) is 25.1 Å². The van der Waals surface area contributed by atoms with Crippen molar-refractivity contribution in [2.45, 2.75) is 24.0 Å². The van der Waals surface area contributed by atoms with Crippen LogP contribution < -0.4 is 10.6 Å². The summed E-state index contributed by atoms with van der Waals surface area (Å²) in [5.74, 6) is 0.910. The van der Waals surface area contributed by atoms with Gasteiger partial charge < -0.3 is 10.6 Å². The highest BCUT2D eigenvalue weighted by Crippen LogP contribution is 2.27. The number of halogens is 1. The first-order valence-electron chi connectivity index (χ1n) is 7.54. The molecule has 0 aliphatic heterocycles. The van der Waals surface area contributed by atoms with Crippen molar-refractivity contribution in [3.63, 3.8) is 0 Å². The van der Waals surface area contributed by atoms with Gasteiger partial charge in [-0.3, -0.25) is 4.79 Å². The maximum atomic E-state index is 12.3. The number of benzene rings is 1. The van der Waals surface area contributed by atoms with Crippen molar-refractivity contribution in [1.82, 2.24) is 10.6 Å². The van der Waals surface area contributed by atoms with Crippen LogP contribution in [-0.4, -0.2) is 25.5 Å². The molecule has 1 heterocycles. The summed E-state index contributed by atoms with van der Waals surface area (Å²) in [6.45, 7) is 4.59. The van der Waals surface area contributed by atoms with Crippen molar-refractivity contribution in [3.05, 3.63) is 52.2 Å². The summed E-state index contributed by atoms with van der Waals surface area (Å²) in [7, 11) is 0. The van der Waals surface area contributed by atoms with E-state index >= 15 is 0 Å². The minimum Gasteiger partial charge on any atom is -0.351 e. The first-order valence-corrected chi connectivity index (χ1v) is 9.41. The summed E-state index contributed by atoms with van der Waals surface area (Å²) in [6.07, 6.45) is 1.11. The Morgan fingerprint density at radius 1 is 1.13 bits per heavy atom. The van der Waals surface area contributed by atoms with Crippen LogP contribution in [0.1, 0.15) is 28.6 Å². The van der Waals surface area contributed by atoms with Gasteiger partial charge >= 0.3 is 0 Å². The van der Waals surface area contributed by atoms with Crippen LogP contribution in [0.3, 0.4) is 0 Å². The lowest BCUT2D eigenvalue weighted by Crippen LogP contribution is -2.32. The normalized spacial score (nSPS) is 10.1. The fraction of sp³-hybridized carbons (Fsp3) is 0.353. The van der Waals surface area contributed by atoms with Gasteiger partial charge in [0.05, 0.1) is 5.56 Å². The highest BCUT2D eigenvalue weighted by atomic mass is 35.5. The lowest BCUT2D eigenvalue weighted by molar-refractivity contribution is 0.0951. The Balaban J connectivity index is 0.00000264. The third-order valence-electron chi connectivity index (χ3n) is 3.10. The van der Waals surface area contributed by atoms with E-state index < -0.39 is 0 Å². The molecule has 6 heteroatoms. The van der Waals surface area contributed by atoms with Gasteiger partial charge in [0, 0.05) is 28.6 Å². The summed E-state index contributed by atoms with van der Waals surface area (Å²) >= 11 is 3.46. The molecule has 0 bridgehead atoms. The molecule has 0 atom stereocenters. The largest absolute Gasteiger partial charge is 0.351 e. The molecule has 3 nitrogen and oxygen atoms in total. The van der Waals surface area contributed by atoms with Gasteiger partial charge in [0.25, 0.3) is 5.91 Å². The number of thiophene rings is 1. The zero-order valence-electron chi connectivity index (χ0n) is 13.2. The molecule has 23 heavy (non-hydrogen) atoms. The van der Waals surface area contributed by atoms with Crippen LogP contribution in [0.25, 0.3) is 0 Å². The lowest BCUT2D eigenvalue weighted by atomic mass is 10.2. The van der Waals surface area contributed by atoms with Crippen LogP contribution in [0.5, 0.6) is 0 Å². The first kappa shape index (κ1) is 20.0. The van der Waals surface area contributed by atoms with E-state index in [0.29, 0.717) is 6.54 Å². The second-order valence-electron chi connectivity index (χ2n) is 4.87. The van der Waals surface area contributed by atoms with Crippen LogP contribution in [0.4, 0.5) is 0 Å². The van der Waals surface area contributed by atoms with Gasteiger partial charge in [-0.2, -0.15) is 0 Å². The van der Waals surface area contributed by atoms with Gasteiger partial charge in [0.15, 0.2) is 0 Å². The molecule has 0 unspecified atom stereocenters. The highest BCUT2D eigenvalue weighted by Gasteiger charge is 2.11. The van der Waals surface area contributed by atoms with Gasteiger partial charge in [-0.15, -0.1) is 35.5 Å². The van der Waals surface area contributed by atoms with E-state index in [1.165, 1.54) is 4.88 Å². The smallest absolute Gasteiger partial charge is 0.252 e. The van der Waals surface area contributed by atoms with Crippen LogP contribution in [0.15, 0.2) is 46.7 Å². The molecular weight excluding hydrogens is 348 g/mol. The number of carbonyl (C=O) groups is 1. The molecule has 0 fully saturated rings. The molecule has 0 aliphatic carbocycles. The van der Waals surface area contributed by atoms with Crippen LogP contribution >= 0.6 is 35.5 Å². The van der Waals surface area contributed by atoms with Crippen molar-refractivity contribution in [2.24, 2.45) is 0 Å². The fourth-order valence-electron chi connectivity index (χ4n) is 1.99. The molecule has 0 saturated carbocycles. The molecule has 0 spiro atoms. The Morgan fingerprint density at radius 3 is 2.70 bits per heavy atom. The van der Waals surface area contributed by atoms with Gasteiger partial charge in [0.2, 0.25) is 0 Å². The summed E-state index contributed by atoms with van der Waals surface area (Å²) in [5, 5.41) is 8.34.